The van der Waals surface area contributed by atoms with E-state index in [1.54, 1.807) is 19.1 Å². The van der Waals surface area contributed by atoms with Crippen LogP contribution in [0.25, 0.3) is 0 Å². The number of hydrogen-bond donors (Lipinski definition) is 2. The normalized spacial score (nSPS) is 20.2. The Labute approximate surface area is 146 Å². The second-order valence-corrected chi connectivity index (χ2v) is 6.57. The number of amides is 4. The van der Waals surface area contributed by atoms with Crippen LogP contribution in [0.1, 0.15) is 33.0 Å². The number of imide groups is 1. The zero-order chi connectivity index (χ0) is 18.4. The molecule has 1 aromatic heterocycles. The van der Waals surface area contributed by atoms with E-state index < -0.39 is 23.4 Å². The molecule has 1 atom stereocenters. The van der Waals surface area contributed by atoms with Crippen molar-refractivity contribution in [3.63, 3.8) is 0 Å². The van der Waals surface area contributed by atoms with Gasteiger partial charge in [-0.2, -0.15) is 0 Å². The summed E-state index contributed by atoms with van der Waals surface area (Å²) in [6.07, 6.45) is 2.39. The van der Waals surface area contributed by atoms with E-state index in [1.165, 1.54) is 6.26 Å². The van der Waals surface area contributed by atoms with Crippen LogP contribution in [0, 0.1) is 5.92 Å². The molecule has 0 radical (unpaired) electrons. The van der Waals surface area contributed by atoms with Crippen LogP contribution in [0.15, 0.2) is 22.8 Å². The minimum atomic E-state index is -1.29. The monoisotopic (exact) mass is 351 g/mol. The highest BCUT2D eigenvalue weighted by Gasteiger charge is 2.51. The van der Waals surface area contributed by atoms with Gasteiger partial charge in [-0.05, 0) is 31.4 Å². The first-order valence-electron chi connectivity index (χ1n) is 8.37. The number of hydrogen-bond acceptors (Lipinski definition) is 5. The molecule has 1 aliphatic rings. The average molecular weight is 351 g/mol. The van der Waals surface area contributed by atoms with E-state index >= 15 is 0 Å². The average Bonchev–Trinajstić information content (AvgIpc) is 3.15. The second-order valence-electron chi connectivity index (χ2n) is 6.57. The van der Waals surface area contributed by atoms with E-state index in [0.29, 0.717) is 31.4 Å². The van der Waals surface area contributed by atoms with Gasteiger partial charge in [0.05, 0.1) is 12.9 Å². The lowest BCUT2D eigenvalue weighted by Crippen LogP contribution is -2.43. The van der Waals surface area contributed by atoms with Gasteiger partial charge in [-0.3, -0.25) is 14.5 Å². The summed E-state index contributed by atoms with van der Waals surface area (Å²) in [4.78, 5) is 37.4. The fourth-order valence-corrected chi connectivity index (χ4v) is 2.45. The molecule has 0 saturated carbocycles. The molecule has 1 unspecified atom stereocenters. The maximum absolute atomic E-state index is 12.5. The van der Waals surface area contributed by atoms with Gasteiger partial charge in [0.25, 0.3) is 5.91 Å². The molecule has 138 valence electrons. The van der Waals surface area contributed by atoms with Crippen LogP contribution < -0.4 is 10.6 Å². The zero-order valence-electron chi connectivity index (χ0n) is 14.8. The van der Waals surface area contributed by atoms with E-state index in [-0.39, 0.29) is 6.54 Å². The topological polar surface area (TPSA) is 101 Å². The lowest BCUT2D eigenvalue weighted by Gasteiger charge is -2.18. The molecule has 2 heterocycles. The fourth-order valence-electron chi connectivity index (χ4n) is 2.45. The Hall–Kier alpha value is -2.35. The largest absolute Gasteiger partial charge is 0.466 e. The summed E-state index contributed by atoms with van der Waals surface area (Å²) in [5.74, 6) is -0.0412. The number of carbonyl (C=O) groups is 3. The van der Waals surface area contributed by atoms with Gasteiger partial charge in [-0.1, -0.05) is 13.8 Å². The molecule has 1 saturated heterocycles. The number of furan rings is 1. The SMILES string of the molecule is CC(C)CCOCCNC(=O)CN1C(=O)NC(C)(c2ccco2)C1=O. The predicted octanol–water partition coefficient (Wildman–Crippen LogP) is 1.23. The van der Waals surface area contributed by atoms with Crippen LogP contribution in [-0.4, -0.2) is 49.0 Å². The van der Waals surface area contributed by atoms with E-state index in [0.717, 1.165) is 11.3 Å². The molecule has 25 heavy (non-hydrogen) atoms. The second kappa shape index (κ2) is 8.15. The molecule has 2 rings (SSSR count). The first kappa shape index (κ1) is 19.0. The van der Waals surface area contributed by atoms with Gasteiger partial charge in [0.15, 0.2) is 5.54 Å². The Kier molecular flexibility index (Phi) is 6.19. The Bertz CT molecular complexity index is 614. The van der Waals surface area contributed by atoms with Crippen molar-refractivity contribution in [2.24, 2.45) is 5.92 Å². The van der Waals surface area contributed by atoms with Crippen LogP contribution >= 0.6 is 0 Å². The maximum Gasteiger partial charge on any atom is 0.325 e. The molecular formula is C17H25N3O5. The van der Waals surface area contributed by atoms with E-state index in [9.17, 15) is 14.4 Å². The number of nitrogens with one attached hydrogen (secondary N) is 2. The van der Waals surface area contributed by atoms with Crippen molar-refractivity contribution in [1.29, 1.82) is 0 Å². The van der Waals surface area contributed by atoms with Gasteiger partial charge in [0.1, 0.15) is 12.3 Å². The first-order chi connectivity index (χ1) is 11.8. The Morgan fingerprint density at radius 1 is 1.40 bits per heavy atom. The van der Waals surface area contributed by atoms with Gasteiger partial charge < -0.3 is 19.8 Å². The molecule has 1 aliphatic heterocycles. The van der Waals surface area contributed by atoms with Gasteiger partial charge in [-0.25, -0.2) is 4.79 Å². The molecule has 4 amide bonds. The van der Waals surface area contributed by atoms with Crippen LogP contribution in [-0.2, 0) is 19.9 Å². The summed E-state index contributed by atoms with van der Waals surface area (Å²) < 4.78 is 10.6. The Morgan fingerprint density at radius 3 is 2.80 bits per heavy atom. The fraction of sp³-hybridized carbons (Fsp3) is 0.588. The standard InChI is InChI=1S/C17H25N3O5/c1-12(2)6-9-24-10-7-18-14(21)11-20-15(22)17(3,19-16(20)23)13-5-4-8-25-13/h4-5,8,12H,6-7,9-11H2,1-3H3,(H,18,21)(H,19,23). The summed E-state index contributed by atoms with van der Waals surface area (Å²) in [6, 6.07) is 2.62. The maximum atomic E-state index is 12.5. The molecule has 0 bridgehead atoms. The molecule has 1 aromatic rings. The smallest absolute Gasteiger partial charge is 0.325 e. The van der Waals surface area contributed by atoms with Crippen LogP contribution in [0.5, 0.6) is 0 Å². The van der Waals surface area contributed by atoms with Gasteiger partial charge in [0.2, 0.25) is 5.91 Å². The molecule has 0 aliphatic carbocycles. The minimum absolute atomic E-state index is 0.326. The number of ether oxygens (including phenoxy) is 1. The van der Waals surface area contributed by atoms with E-state index in [4.69, 9.17) is 9.15 Å². The third-order valence-corrected chi connectivity index (χ3v) is 4.00. The summed E-state index contributed by atoms with van der Waals surface area (Å²) in [7, 11) is 0. The van der Waals surface area contributed by atoms with Crippen molar-refractivity contribution in [3.05, 3.63) is 24.2 Å². The lowest BCUT2D eigenvalue weighted by atomic mass is 9.99. The van der Waals surface area contributed by atoms with E-state index in [1.807, 2.05) is 0 Å². The Balaban J connectivity index is 1.79. The van der Waals surface area contributed by atoms with Crippen molar-refractivity contribution < 1.29 is 23.5 Å². The number of nitrogens with zero attached hydrogens (tertiary/aromatic N) is 1. The number of carbonyl (C=O) groups excluding carboxylic acids is 3. The zero-order valence-corrected chi connectivity index (χ0v) is 14.8. The van der Waals surface area contributed by atoms with Gasteiger partial charge >= 0.3 is 6.03 Å². The van der Waals surface area contributed by atoms with Crippen molar-refractivity contribution in [2.45, 2.75) is 32.7 Å². The molecular weight excluding hydrogens is 326 g/mol. The van der Waals surface area contributed by atoms with Crippen LogP contribution in [0.4, 0.5) is 4.79 Å². The quantitative estimate of drug-likeness (QED) is 0.515. The Morgan fingerprint density at radius 2 is 2.16 bits per heavy atom. The summed E-state index contributed by atoms with van der Waals surface area (Å²) >= 11 is 0. The molecule has 1 fully saturated rings. The predicted molar refractivity (Wildman–Crippen MR) is 89.6 cm³/mol. The highest BCUT2D eigenvalue weighted by molar-refractivity contribution is 6.08. The van der Waals surface area contributed by atoms with Gasteiger partial charge in [0, 0.05) is 13.2 Å². The van der Waals surface area contributed by atoms with Crippen LogP contribution in [0.2, 0.25) is 0 Å². The number of urea groups is 1. The van der Waals surface area contributed by atoms with Crippen molar-refractivity contribution in [2.75, 3.05) is 26.3 Å². The van der Waals surface area contributed by atoms with Crippen molar-refractivity contribution in [1.82, 2.24) is 15.5 Å². The summed E-state index contributed by atoms with van der Waals surface area (Å²) in [5.41, 5.74) is -1.29. The van der Waals surface area contributed by atoms with Crippen LogP contribution in [0.3, 0.4) is 0 Å². The third-order valence-electron chi connectivity index (χ3n) is 4.00. The third kappa shape index (κ3) is 4.60. The molecule has 8 heteroatoms. The van der Waals surface area contributed by atoms with E-state index in [2.05, 4.69) is 24.5 Å². The lowest BCUT2D eigenvalue weighted by molar-refractivity contribution is -0.135. The molecule has 8 nitrogen and oxygen atoms in total. The first-order valence-corrected chi connectivity index (χ1v) is 8.37. The van der Waals surface area contributed by atoms with Crippen molar-refractivity contribution in [3.8, 4) is 0 Å². The van der Waals surface area contributed by atoms with Gasteiger partial charge in [-0.15, -0.1) is 0 Å². The highest BCUT2D eigenvalue weighted by atomic mass is 16.5. The summed E-state index contributed by atoms with van der Waals surface area (Å²) in [5, 5.41) is 5.21. The molecule has 0 spiro atoms. The minimum Gasteiger partial charge on any atom is -0.466 e. The molecule has 0 aromatic carbocycles. The van der Waals surface area contributed by atoms with Crippen molar-refractivity contribution >= 4 is 17.8 Å². The number of rotatable bonds is 9. The molecule has 2 N–H and O–H groups in total. The summed E-state index contributed by atoms with van der Waals surface area (Å²) in [6.45, 7) is 6.79. The highest BCUT2D eigenvalue weighted by Crippen LogP contribution is 2.28.